The van der Waals surface area contributed by atoms with Crippen molar-refractivity contribution in [3.8, 4) is 0 Å². The molecular formula is C21H22N4O2. The van der Waals surface area contributed by atoms with E-state index in [0.717, 1.165) is 16.8 Å². The molecule has 0 saturated carbocycles. The Bertz CT molecular complexity index is 867. The number of rotatable bonds is 8. The van der Waals surface area contributed by atoms with Crippen molar-refractivity contribution in [3.63, 3.8) is 0 Å². The number of benzene rings is 2. The molecular weight excluding hydrogens is 340 g/mol. The summed E-state index contributed by atoms with van der Waals surface area (Å²) in [6, 6.07) is 20.7. The number of nitrogens with one attached hydrogen (secondary N) is 2. The summed E-state index contributed by atoms with van der Waals surface area (Å²) in [6.07, 6.45) is 0. The van der Waals surface area contributed by atoms with Crippen LogP contribution in [0.25, 0.3) is 0 Å². The topological polar surface area (TPSA) is 76.1 Å². The average Bonchev–Trinajstić information content (AvgIpc) is 2.72. The molecule has 0 fully saturated rings. The van der Waals surface area contributed by atoms with Gasteiger partial charge in [-0.15, -0.1) is 10.2 Å². The first-order chi connectivity index (χ1) is 13.3. The molecule has 6 nitrogen and oxygen atoms in total. The van der Waals surface area contributed by atoms with Crippen molar-refractivity contribution in [1.29, 1.82) is 0 Å². The fourth-order valence-electron chi connectivity index (χ4n) is 2.53. The number of hydrogen-bond donors (Lipinski definition) is 2. The first-order valence-corrected chi connectivity index (χ1v) is 8.85. The van der Waals surface area contributed by atoms with Gasteiger partial charge in [0.2, 0.25) is 0 Å². The van der Waals surface area contributed by atoms with Crippen LogP contribution in [0.15, 0.2) is 66.7 Å². The lowest BCUT2D eigenvalue weighted by Gasteiger charge is -2.11. The maximum atomic E-state index is 12.2. The zero-order valence-electron chi connectivity index (χ0n) is 15.2. The number of hydrogen-bond acceptors (Lipinski definition) is 5. The summed E-state index contributed by atoms with van der Waals surface area (Å²) in [7, 11) is 0. The van der Waals surface area contributed by atoms with E-state index in [1.807, 2.05) is 49.4 Å². The molecule has 0 saturated heterocycles. The standard InChI is InChI=1S/C21H22N4O2/c1-2-27-15-17-9-7-6-8-16(17)14-22-20-13-12-19(24-25-20)21(26)23-18-10-4-3-5-11-18/h3-13H,2,14-15H2,1H3,(H,22,25)(H,23,26). The molecule has 0 aliphatic heterocycles. The molecule has 0 radical (unpaired) electrons. The fraction of sp³-hybridized carbons (Fsp3) is 0.190. The minimum Gasteiger partial charge on any atom is -0.377 e. The van der Waals surface area contributed by atoms with Crippen LogP contribution >= 0.6 is 0 Å². The van der Waals surface area contributed by atoms with Crippen LogP contribution in [-0.2, 0) is 17.9 Å². The summed E-state index contributed by atoms with van der Waals surface area (Å²) < 4.78 is 5.50. The number of nitrogens with zero attached hydrogens (tertiary/aromatic N) is 2. The number of carbonyl (C=O) groups excluding carboxylic acids is 1. The van der Waals surface area contributed by atoms with Gasteiger partial charge in [0, 0.05) is 18.8 Å². The van der Waals surface area contributed by atoms with Crippen molar-refractivity contribution >= 4 is 17.4 Å². The predicted octanol–water partition coefficient (Wildman–Crippen LogP) is 3.88. The number of ether oxygens (including phenoxy) is 1. The van der Waals surface area contributed by atoms with Gasteiger partial charge in [-0.2, -0.15) is 0 Å². The first kappa shape index (κ1) is 18.5. The van der Waals surface area contributed by atoms with Gasteiger partial charge in [0.1, 0.15) is 5.82 Å². The predicted molar refractivity (Wildman–Crippen MR) is 106 cm³/mol. The number of amides is 1. The molecule has 1 heterocycles. The molecule has 6 heteroatoms. The van der Waals surface area contributed by atoms with Gasteiger partial charge in [0.25, 0.3) is 5.91 Å². The van der Waals surface area contributed by atoms with E-state index in [9.17, 15) is 4.79 Å². The van der Waals surface area contributed by atoms with Crippen LogP contribution in [0.3, 0.4) is 0 Å². The fourth-order valence-corrected chi connectivity index (χ4v) is 2.53. The van der Waals surface area contributed by atoms with Crippen LogP contribution in [0.1, 0.15) is 28.5 Å². The molecule has 3 rings (SSSR count). The molecule has 0 atom stereocenters. The van der Waals surface area contributed by atoms with Crippen LogP contribution in [0, 0.1) is 0 Å². The van der Waals surface area contributed by atoms with E-state index in [-0.39, 0.29) is 11.6 Å². The molecule has 2 aromatic carbocycles. The summed E-state index contributed by atoms with van der Waals surface area (Å²) >= 11 is 0. The quantitative estimate of drug-likeness (QED) is 0.636. The highest BCUT2D eigenvalue weighted by Gasteiger charge is 2.09. The van der Waals surface area contributed by atoms with Gasteiger partial charge in [-0.25, -0.2) is 0 Å². The van der Waals surface area contributed by atoms with E-state index in [1.165, 1.54) is 0 Å². The number of aromatic nitrogens is 2. The Labute approximate surface area is 158 Å². The van der Waals surface area contributed by atoms with E-state index in [4.69, 9.17) is 4.74 Å². The Kier molecular flexibility index (Phi) is 6.49. The van der Waals surface area contributed by atoms with E-state index in [2.05, 4.69) is 33.0 Å². The van der Waals surface area contributed by atoms with Crippen molar-refractivity contribution in [2.75, 3.05) is 17.2 Å². The van der Waals surface area contributed by atoms with Gasteiger partial charge in [0.05, 0.1) is 6.61 Å². The second kappa shape index (κ2) is 9.45. The van der Waals surface area contributed by atoms with E-state index in [1.54, 1.807) is 12.1 Å². The third kappa shape index (κ3) is 5.36. The smallest absolute Gasteiger partial charge is 0.276 e. The highest BCUT2D eigenvalue weighted by Crippen LogP contribution is 2.13. The second-order valence-corrected chi connectivity index (χ2v) is 5.88. The van der Waals surface area contributed by atoms with Crippen molar-refractivity contribution < 1.29 is 9.53 Å². The van der Waals surface area contributed by atoms with Gasteiger partial charge in [-0.3, -0.25) is 4.79 Å². The molecule has 1 amide bonds. The highest BCUT2D eigenvalue weighted by molar-refractivity contribution is 6.02. The normalized spacial score (nSPS) is 10.4. The molecule has 1 aromatic heterocycles. The van der Waals surface area contributed by atoms with E-state index >= 15 is 0 Å². The van der Waals surface area contributed by atoms with Gasteiger partial charge >= 0.3 is 0 Å². The van der Waals surface area contributed by atoms with Gasteiger partial charge < -0.3 is 15.4 Å². The zero-order chi connectivity index (χ0) is 18.9. The SMILES string of the molecule is CCOCc1ccccc1CNc1ccc(C(=O)Nc2ccccc2)nn1. The lowest BCUT2D eigenvalue weighted by molar-refractivity contribution is 0.102. The Balaban J connectivity index is 1.59. The number of para-hydroxylation sites is 1. The molecule has 0 bridgehead atoms. The minimum atomic E-state index is -0.290. The minimum absolute atomic E-state index is 0.265. The van der Waals surface area contributed by atoms with Gasteiger partial charge in [-0.1, -0.05) is 42.5 Å². The summed E-state index contributed by atoms with van der Waals surface area (Å²) in [5.41, 5.74) is 3.26. The molecule has 2 N–H and O–H groups in total. The van der Waals surface area contributed by atoms with Crippen molar-refractivity contribution in [3.05, 3.63) is 83.6 Å². The molecule has 0 aliphatic carbocycles. The van der Waals surface area contributed by atoms with Crippen LogP contribution in [-0.4, -0.2) is 22.7 Å². The van der Waals surface area contributed by atoms with Crippen LogP contribution in [0.4, 0.5) is 11.5 Å². The highest BCUT2D eigenvalue weighted by atomic mass is 16.5. The van der Waals surface area contributed by atoms with Crippen molar-refractivity contribution in [1.82, 2.24) is 10.2 Å². The van der Waals surface area contributed by atoms with E-state index < -0.39 is 0 Å². The second-order valence-electron chi connectivity index (χ2n) is 5.88. The molecule has 3 aromatic rings. The van der Waals surface area contributed by atoms with Gasteiger partial charge in [-0.05, 0) is 42.3 Å². The van der Waals surface area contributed by atoms with Crippen LogP contribution in [0.5, 0.6) is 0 Å². The molecule has 27 heavy (non-hydrogen) atoms. The van der Waals surface area contributed by atoms with Crippen molar-refractivity contribution in [2.45, 2.75) is 20.1 Å². The third-order valence-electron chi connectivity index (χ3n) is 3.97. The summed E-state index contributed by atoms with van der Waals surface area (Å²) in [6.45, 7) is 3.85. The Morgan fingerprint density at radius 3 is 2.37 bits per heavy atom. The Morgan fingerprint density at radius 2 is 1.67 bits per heavy atom. The molecule has 0 aliphatic rings. The molecule has 0 spiro atoms. The Morgan fingerprint density at radius 1 is 0.926 bits per heavy atom. The molecule has 0 unspecified atom stereocenters. The number of anilines is 2. The summed E-state index contributed by atoms with van der Waals surface area (Å²) in [4.78, 5) is 12.2. The maximum Gasteiger partial charge on any atom is 0.276 e. The zero-order valence-corrected chi connectivity index (χ0v) is 15.2. The summed E-state index contributed by atoms with van der Waals surface area (Å²) in [5, 5.41) is 14.1. The third-order valence-corrected chi connectivity index (χ3v) is 3.97. The summed E-state index contributed by atoms with van der Waals surface area (Å²) in [5.74, 6) is 0.319. The Hall–Kier alpha value is -3.25. The first-order valence-electron chi connectivity index (χ1n) is 8.85. The lowest BCUT2D eigenvalue weighted by atomic mass is 10.1. The largest absolute Gasteiger partial charge is 0.377 e. The monoisotopic (exact) mass is 362 g/mol. The molecule has 138 valence electrons. The van der Waals surface area contributed by atoms with E-state index in [0.29, 0.717) is 25.6 Å². The average molecular weight is 362 g/mol. The lowest BCUT2D eigenvalue weighted by Crippen LogP contribution is -2.15. The maximum absolute atomic E-state index is 12.2. The van der Waals surface area contributed by atoms with Crippen LogP contribution < -0.4 is 10.6 Å². The van der Waals surface area contributed by atoms with Crippen molar-refractivity contribution in [2.24, 2.45) is 0 Å². The number of carbonyl (C=O) groups is 1. The van der Waals surface area contributed by atoms with Crippen LogP contribution in [0.2, 0.25) is 0 Å². The van der Waals surface area contributed by atoms with Gasteiger partial charge in [0.15, 0.2) is 5.69 Å².